The average molecular weight is 264 g/mol. The fourth-order valence-electron chi connectivity index (χ4n) is 0.898. The van der Waals surface area contributed by atoms with Gasteiger partial charge in [-0.1, -0.05) is 45.7 Å². The van der Waals surface area contributed by atoms with Crippen molar-refractivity contribution in [2.24, 2.45) is 0 Å². The molecule has 3 heteroatoms. The molecule has 70 valence electrons. The summed E-state index contributed by atoms with van der Waals surface area (Å²) < 4.78 is 12.9. The van der Waals surface area contributed by atoms with Crippen LogP contribution in [-0.4, -0.2) is 5.33 Å². The topological polar surface area (TPSA) is 0 Å². The first kappa shape index (κ1) is 10.7. The first-order valence-electron chi connectivity index (χ1n) is 3.91. The molecule has 0 aliphatic rings. The predicted molar refractivity (Wildman–Crippen MR) is 58.9 cm³/mol. The molecular formula is C10H9BrClF. The molecule has 0 saturated carbocycles. The van der Waals surface area contributed by atoms with Gasteiger partial charge in [-0.25, -0.2) is 4.39 Å². The minimum Gasteiger partial charge on any atom is -0.205 e. The summed E-state index contributed by atoms with van der Waals surface area (Å²) in [4.78, 5) is 0. The summed E-state index contributed by atoms with van der Waals surface area (Å²) in [5, 5.41) is 1.08. The fraction of sp³-hybridized carbons (Fsp3) is 0.200. The molecule has 0 unspecified atom stereocenters. The van der Waals surface area contributed by atoms with Gasteiger partial charge >= 0.3 is 0 Å². The molecule has 1 aromatic rings. The lowest BCUT2D eigenvalue weighted by Crippen LogP contribution is -1.78. The quantitative estimate of drug-likeness (QED) is 0.714. The van der Waals surface area contributed by atoms with E-state index in [0.29, 0.717) is 0 Å². The Morgan fingerprint density at radius 2 is 2.23 bits per heavy atom. The predicted octanol–water partition coefficient (Wildman–Crippen LogP) is 4.28. The Kier molecular flexibility index (Phi) is 4.46. The molecule has 0 bridgehead atoms. The third-order valence-electron chi connectivity index (χ3n) is 1.53. The summed E-state index contributed by atoms with van der Waals surface area (Å²) >= 11 is 8.84. The monoisotopic (exact) mass is 262 g/mol. The van der Waals surface area contributed by atoms with Gasteiger partial charge in [-0.3, -0.25) is 0 Å². The SMILES string of the molecule is Fc1cc(C=CCCBr)ccc1Cl. The average Bonchev–Trinajstić information content (AvgIpc) is 2.12. The highest BCUT2D eigenvalue weighted by Gasteiger charge is 1.97. The van der Waals surface area contributed by atoms with E-state index in [1.807, 2.05) is 12.2 Å². The largest absolute Gasteiger partial charge is 0.205 e. The van der Waals surface area contributed by atoms with Gasteiger partial charge in [0.25, 0.3) is 0 Å². The van der Waals surface area contributed by atoms with Gasteiger partial charge in [0.05, 0.1) is 5.02 Å². The van der Waals surface area contributed by atoms with Gasteiger partial charge in [0, 0.05) is 5.33 Å². The standard InChI is InChI=1S/C10H9BrClF/c11-6-2-1-3-8-4-5-9(12)10(13)7-8/h1,3-5,7H,2,6H2. The number of alkyl halides is 1. The molecule has 0 radical (unpaired) electrons. The van der Waals surface area contributed by atoms with E-state index in [0.717, 1.165) is 17.3 Å². The Hall–Kier alpha value is -0.340. The summed E-state index contributed by atoms with van der Waals surface area (Å²) in [6.45, 7) is 0. The maximum Gasteiger partial charge on any atom is 0.142 e. The zero-order valence-electron chi connectivity index (χ0n) is 6.93. The highest BCUT2D eigenvalue weighted by atomic mass is 79.9. The number of rotatable bonds is 3. The van der Waals surface area contributed by atoms with Crippen LogP contribution in [0.25, 0.3) is 6.08 Å². The highest BCUT2D eigenvalue weighted by Crippen LogP contribution is 2.16. The van der Waals surface area contributed by atoms with Crippen LogP contribution in [0.1, 0.15) is 12.0 Å². The Morgan fingerprint density at radius 3 is 2.85 bits per heavy atom. The van der Waals surface area contributed by atoms with E-state index in [4.69, 9.17) is 11.6 Å². The molecule has 0 saturated heterocycles. The van der Waals surface area contributed by atoms with Crippen LogP contribution in [-0.2, 0) is 0 Å². The van der Waals surface area contributed by atoms with Gasteiger partial charge in [0.2, 0.25) is 0 Å². The number of benzene rings is 1. The fourth-order valence-corrected chi connectivity index (χ4v) is 1.28. The number of hydrogen-bond acceptors (Lipinski definition) is 0. The summed E-state index contributed by atoms with van der Waals surface area (Å²) in [7, 11) is 0. The number of allylic oxidation sites excluding steroid dienone is 1. The molecule has 0 atom stereocenters. The smallest absolute Gasteiger partial charge is 0.142 e. The Morgan fingerprint density at radius 1 is 1.46 bits per heavy atom. The summed E-state index contributed by atoms with van der Waals surface area (Å²) in [6.07, 6.45) is 4.79. The van der Waals surface area contributed by atoms with Crippen molar-refractivity contribution in [3.05, 3.63) is 40.7 Å². The number of hydrogen-bond donors (Lipinski definition) is 0. The summed E-state index contributed by atoms with van der Waals surface area (Å²) in [5.74, 6) is -0.373. The maximum atomic E-state index is 12.9. The number of halogens is 3. The molecule has 1 aromatic carbocycles. The minimum absolute atomic E-state index is 0.164. The van der Waals surface area contributed by atoms with Crippen LogP contribution < -0.4 is 0 Å². The third kappa shape index (κ3) is 3.49. The van der Waals surface area contributed by atoms with Crippen molar-refractivity contribution < 1.29 is 4.39 Å². The van der Waals surface area contributed by atoms with E-state index in [1.54, 1.807) is 12.1 Å². The molecule has 0 aliphatic carbocycles. The van der Waals surface area contributed by atoms with Crippen LogP contribution in [0, 0.1) is 5.82 Å². The second-order valence-electron chi connectivity index (χ2n) is 2.55. The van der Waals surface area contributed by atoms with Crippen molar-refractivity contribution in [1.82, 2.24) is 0 Å². The van der Waals surface area contributed by atoms with E-state index in [1.165, 1.54) is 6.07 Å². The molecule has 0 nitrogen and oxygen atoms in total. The lowest BCUT2D eigenvalue weighted by atomic mass is 10.2. The first-order chi connectivity index (χ1) is 6.24. The highest BCUT2D eigenvalue weighted by molar-refractivity contribution is 9.09. The van der Waals surface area contributed by atoms with E-state index < -0.39 is 0 Å². The summed E-state index contributed by atoms with van der Waals surface area (Å²) in [5.41, 5.74) is 0.836. The molecule has 0 aliphatic heterocycles. The molecule has 0 N–H and O–H groups in total. The summed E-state index contributed by atoms with van der Waals surface area (Å²) in [6, 6.07) is 4.77. The van der Waals surface area contributed by atoms with Crippen molar-refractivity contribution in [3.8, 4) is 0 Å². The van der Waals surface area contributed by atoms with Crippen molar-refractivity contribution in [3.63, 3.8) is 0 Å². The molecular weight excluding hydrogens is 254 g/mol. The van der Waals surface area contributed by atoms with Crippen LogP contribution in [0.5, 0.6) is 0 Å². The zero-order chi connectivity index (χ0) is 9.68. The molecule has 0 aromatic heterocycles. The van der Waals surface area contributed by atoms with Crippen LogP contribution in [0.15, 0.2) is 24.3 Å². The van der Waals surface area contributed by atoms with Crippen LogP contribution in [0.4, 0.5) is 4.39 Å². The van der Waals surface area contributed by atoms with Gasteiger partial charge in [-0.15, -0.1) is 0 Å². The minimum atomic E-state index is -0.373. The van der Waals surface area contributed by atoms with E-state index in [-0.39, 0.29) is 10.8 Å². The Balaban J connectivity index is 2.73. The van der Waals surface area contributed by atoms with Crippen LogP contribution >= 0.6 is 27.5 Å². The van der Waals surface area contributed by atoms with E-state index >= 15 is 0 Å². The molecule has 0 amide bonds. The third-order valence-corrected chi connectivity index (χ3v) is 2.29. The molecule has 1 rings (SSSR count). The molecule has 0 heterocycles. The maximum absolute atomic E-state index is 12.9. The lowest BCUT2D eigenvalue weighted by molar-refractivity contribution is 0.628. The van der Waals surface area contributed by atoms with Gasteiger partial charge in [-0.05, 0) is 24.1 Å². The van der Waals surface area contributed by atoms with Gasteiger partial charge in [0.15, 0.2) is 0 Å². The van der Waals surface area contributed by atoms with Crippen molar-refractivity contribution >= 4 is 33.6 Å². The zero-order valence-corrected chi connectivity index (χ0v) is 9.28. The van der Waals surface area contributed by atoms with E-state index in [9.17, 15) is 4.39 Å². The van der Waals surface area contributed by atoms with Crippen LogP contribution in [0.2, 0.25) is 5.02 Å². The van der Waals surface area contributed by atoms with Crippen LogP contribution in [0.3, 0.4) is 0 Å². The lowest BCUT2D eigenvalue weighted by Gasteiger charge is -1.95. The first-order valence-corrected chi connectivity index (χ1v) is 5.41. The normalized spacial score (nSPS) is 11.0. The second kappa shape index (κ2) is 5.40. The second-order valence-corrected chi connectivity index (χ2v) is 3.75. The Labute approximate surface area is 90.5 Å². The van der Waals surface area contributed by atoms with Crippen molar-refractivity contribution in [2.45, 2.75) is 6.42 Å². The van der Waals surface area contributed by atoms with Gasteiger partial charge in [0.1, 0.15) is 5.82 Å². The van der Waals surface area contributed by atoms with Crippen molar-refractivity contribution in [1.29, 1.82) is 0 Å². The molecule has 0 spiro atoms. The molecule has 0 fully saturated rings. The Bertz CT molecular complexity index is 310. The van der Waals surface area contributed by atoms with Crippen molar-refractivity contribution in [2.75, 3.05) is 5.33 Å². The molecule has 13 heavy (non-hydrogen) atoms. The van der Waals surface area contributed by atoms with Gasteiger partial charge < -0.3 is 0 Å². The van der Waals surface area contributed by atoms with Gasteiger partial charge in [-0.2, -0.15) is 0 Å². The van der Waals surface area contributed by atoms with E-state index in [2.05, 4.69) is 15.9 Å².